The van der Waals surface area contributed by atoms with E-state index in [-0.39, 0.29) is 6.61 Å². The Morgan fingerprint density at radius 1 is 1.16 bits per heavy atom. The lowest BCUT2D eigenvalue weighted by Gasteiger charge is -2.17. The minimum absolute atomic E-state index is 0.246. The Morgan fingerprint density at radius 2 is 1.74 bits per heavy atom. The SMILES string of the molecule is COC(=O)C(C)Oc1cc(OC)c(OC)cc1CO. The second-order valence-corrected chi connectivity index (χ2v) is 3.76. The fourth-order valence-electron chi connectivity index (χ4n) is 1.54. The number of rotatable bonds is 6. The van der Waals surface area contributed by atoms with Gasteiger partial charge < -0.3 is 24.1 Å². The maximum atomic E-state index is 11.3. The van der Waals surface area contributed by atoms with Crippen LogP contribution in [0.15, 0.2) is 12.1 Å². The van der Waals surface area contributed by atoms with Crippen molar-refractivity contribution in [1.82, 2.24) is 0 Å². The second kappa shape index (κ2) is 6.84. The summed E-state index contributed by atoms with van der Waals surface area (Å²) in [6.45, 7) is 1.31. The van der Waals surface area contributed by atoms with Crippen molar-refractivity contribution in [3.05, 3.63) is 17.7 Å². The van der Waals surface area contributed by atoms with Crippen molar-refractivity contribution >= 4 is 5.97 Å². The lowest BCUT2D eigenvalue weighted by molar-refractivity contribution is -0.147. The monoisotopic (exact) mass is 270 g/mol. The van der Waals surface area contributed by atoms with Crippen molar-refractivity contribution in [2.24, 2.45) is 0 Å². The lowest BCUT2D eigenvalue weighted by Crippen LogP contribution is -2.25. The molecule has 0 radical (unpaired) electrons. The van der Waals surface area contributed by atoms with E-state index in [0.29, 0.717) is 22.8 Å². The Balaban J connectivity index is 3.08. The molecule has 0 spiro atoms. The number of ether oxygens (including phenoxy) is 4. The molecule has 1 aromatic carbocycles. The molecule has 6 nitrogen and oxygen atoms in total. The molecule has 1 unspecified atom stereocenters. The van der Waals surface area contributed by atoms with Crippen molar-refractivity contribution in [1.29, 1.82) is 0 Å². The highest BCUT2D eigenvalue weighted by Gasteiger charge is 2.19. The number of methoxy groups -OCH3 is 3. The number of carbonyl (C=O) groups excluding carboxylic acids is 1. The summed E-state index contributed by atoms with van der Waals surface area (Å²) in [5, 5.41) is 9.32. The molecular weight excluding hydrogens is 252 g/mol. The van der Waals surface area contributed by atoms with Crippen LogP contribution in [0.25, 0.3) is 0 Å². The van der Waals surface area contributed by atoms with Crippen LogP contribution in [-0.2, 0) is 16.1 Å². The number of carbonyl (C=O) groups is 1. The van der Waals surface area contributed by atoms with E-state index in [0.717, 1.165) is 0 Å². The van der Waals surface area contributed by atoms with Gasteiger partial charge in [-0.05, 0) is 13.0 Å². The van der Waals surface area contributed by atoms with Crippen molar-refractivity contribution in [2.75, 3.05) is 21.3 Å². The molecule has 6 heteroatoms. The summed E-state index contributed by atoms with van der Waals surface area (Å²) in [5.74, 6) is 0.771. The van der Waals surface area contributed by atoms with Gasteiger partial charge in [-0.25, -0.2) is 4.79 Å². The Hall–Kier alpha value is -1.95. The summed E-state index contributed by atoms with van der Waals surface area (Å²) < 4.78 is 20.3. The second-order valence-electron chi connectivity index (χ2n) is 3.76. The first-order valence-electron chi connectivity index (χ1n) is 5.67. The number of aliphatic hydroxyl groups is 1. The fourth-order valence-corrected chi connectivity index (χ4v) is 1.54. The highest BCUT2D eigenvalue weighted by atomic mass is 16.6. The first-order valence-corrected chi connectivity index (χ1v) is 5.67. The number of benzene rings is 1. The third kappa shape index (κ3) is 3.51. The zero-order valence-corrected chi connectivity index (χ0v) is 11.4. The van der Waals surface area contributed by atoms with Gasteiger partial charge in [0.2, 0.25) is 0 Å². The van der Waals surface area contributed by atoms with E-state index in [1.165, 1.54) is 21.3 Å². The molecular formula is C13H18O6. The maximum absolute atomic E-state index is 11.3. The predicted octanol–water partition coefficient (Wildman–Crippen LogP) is 1.14. The minimum atomic E-state index is -0.784. The summed E-state index contributed by atoms with van der Waals surface area (Å²) in [5.41, 5.74) is 0.494. The minimum Gasteiger partial charge on any atom is -0.493 e. The number of aliphatic hydroxyl groups excluding tert-OH is 1. The maximum Gasteiger partial charge on any atom is 0.346 e. The van der Waals surface area contributed by atoms with E-state index in [2.05, 4.69) is 4.74 Å². The third-order valence-electron chi connectivity index (χ3n) is 2.57. The largest absolute Gasteiger partial charge is 0.493 e. The van der Waals surface area contributed by atoms with Gasteiger partial charge in [0, 0.05) is 11.6 Å². The standard InChI is InChI=1S/C13H18O6/c1-8(13(15)18-4)19-10-6-12(17-3)11(16-2)5-9(10)7-14/h5-6,8,14H,7H2,1-4H3. The van der Waals surface area contributed by atoms with Crippen LogP contribution in [0.5, 0.6) is 17.2 Å². The first-order chi connectivity index (χ1) is 9.07. The van der Waals surface area contributed by atoms with Crippen LogP contribution in [0.3, 0.4) is 0 Å². The third-order valence-corrected chi connectivity index (χ3v) is 2.57. The quantitative estimate of drug-likeness (QED) is 0.781. The zero-order chi connectivity index (χ0) is 14.4. The molecule has 1 rings (SSSR count). The zero-order valence-electron chi connectivity index (χ0n) is 11.4. The van der Waals surface area contributed by atoms with E-state index in [4.69, 9.17) is 14.2 Å². The van der Waals surface area contributed by atoms with Crippen molar-refractivity contribution in [3.63, 3.8) is 0 Å². The summed E-state index contributed by atoms with van der Waals surface area (Å²) in [7, 11) is 4.27. The molecule has 0 saturated heterocycles. The molecule has 0 aliphatic heterocycles. The molecule has 1 atom stereocenters. The molecule has 1 N–H and O–H groups in total. The van der Waals surface area contributed by atoms with E-state index >= 15 is 0 Å². The average Bonchev–Trinajstić information content (AvgIpc) is 2.45. The van der Waals surface area contributed by atoms with Crippen LogP contribution < -0.4 is 14.2 Å². The van der Waals surface area contributed by atoms with Gasteiger partial charge in [-0.2, -0.15) is 0 Å². The highest BCUT2D eigenvalue weighted by molar-refractivity contribution is 5.74. The van der Waals surface area contributed by atoms with Gasteiger partial charge in [-0.3, -0.25) is 0 Å². The van der Waals surface area contributed by atoms with Crippen molar-refractivity contribution in [2.45, 2.75) is 19.6 Å². The van der Waals surface area contributed by atoms with Crippen LogP contribution >= 0.6 is 0 Å². The Labute approximate surface area is 111 Å². The molecule has 19 heavy (non-hydrogen) atoms. The fraction of sp³-hybridized carbons (Fsp3) is 0.462. The van der Waals surface area contributed by atoms with Gasteiger partial charge in [-0.15, -0.1) is 0 Å². The molecule has 1 aromatic rings. The van der Waals surface area contributed by atoms with E-state index < -0.39 is 12.1 Å². The van der Waals surface area contributed by atoms with Crippen LogP contribution in [0, 0.1) is 0 Å². The molecule has 0 heterocycles. The van der Waals surface area contributed by atoms with Gasteiger partial charge in [0.1, 0.15) is 5.75 Å². The van der Waals surface area contributed by atoms with Crippen molar-refractivity contribution < 1.29 is 28.8 Å². The first kappa shape index (κ1) is 15.1. The van der Waals surface area contributed by atoms with Crippen LogP contribution in [0.4, 0.5) is 0 Å². The summed E-state index contributed by atoms with van der Waals surface area (Å²) in [4.78, 5) is 11.3. The van der Waals surface area contributed by atoms with Crippen LogP contribution in [-0.4, -0.2) is 38.5 Å². The Bertz CT molecular complexity index is 443. The normalized spacial score (nSPS) is 11.6. The van der Waals surface area contributed by atoms with Crippen LogP contribution in [0.2, 0.25) is 0 Å². The predicted molar refractivity (Wildman–Crippen MR) is 67.6 cm³/mol. The van der Waals surface area contributed by atoms with Gasteiger partial charge in [0.15, 0.2) is 17.6 Å². The molecule has 106 valence electrons. The van der Waals surface area contributed by atoms with Crippen molar-refractivity contribution in [3.8, 4) is 17.2 Å². The van der Waals surface area contributed by atoms with Gasteiger partial charge in [-0.1, -0.05) is 0 Å². The molecule has 0 aliphatic carbocycles. The summed E-state index contributed by atoms with van der Waals surface area (Å²) in [6, 6.07) is 3.15. The molecule has 0 aromatic heterocycles. The summed E-state index contributed by atoms with van der Waals surface area (Å²) in [6.07, 6.45) is -0.784. The Kier molecular flexibility index (Phi) is 5.44. The van der Waals surface area contributed by atoms with Gasteiger partial charge in [0.25, 0.3) is 0 Å². The van der Waals surface area contributed by atoms with Gasteiger partial charge in [0.05, 0.1) is 27.9 Å². The molecule has 0 fully saturated rings. The Morgan fingerprint density at radius 3 is 2.21 bits per heavy atom. The van der Waals surface area contributed by atoms with E-state index in [1.54, 1.807) is 19.1 Å². The topological polar surface area (TPSA) is 74.2 Å². The molecule has 0 bridgehead atoms. The number of esters is 1. The highest BCUT2D eigenvalue weighted by Crippen LogP contribution is 2.35. The smallest absolute Gasteiger partial charge is 0.346 e. The number of hydrogen-bond donors (Lipinski definition) is 1. The molecule has 0 saturated carbocycles. The van der Waals surface area contributed by atoms with E-state index in [1.807, 2.05) is 0 Å². The lowest BCUT2D eigenvalue weighted by atomic mass is 10.2. The molecule has 0 aliphatic rings. The molecule has 0 amide bonds. The van der Waals surface area contributed by atoms with Gasteiger partial charge >= 0.3 is 5.97 Å². The summed E-state index contributed by atoms with van der Waals surface area (Å²) >= 11 is 0. The van der Waals surface area contributed by atoms with E-state index in [9.17, 15) is 9.90 Å². The van der Waals surface area contributed by atoms with Crippen LogP contribution in [0.1, 0.15) is 12.5 Å². The average molecular weight is 270 g/mol. The number of hydrogen-bond acceptors (Lipinski definition) is 6.